The van der Waals surface area contributed by atoms with Gasteiger partial charge in [0.25, 0.3) is 0 Å². The van der Waals surface area contributed by atoms with Crippen molar-refractivity contribution in [3.63, 3.8) is 0 Å². The van der Waals surface area contributed by atoms with Crippen LogP contribution in [0.1, 0.15) is 43.7 Å². The zero-order valence-electron chi connectivity index (χ0n) is 12.4. The van der Waals surface area contributed by atoms with Crippen LogP contribution in [0.5, 0.6) is 0 Å². The summed E-state index contributed by atoms with van der Waals surface area (Å²) in [6, 6.07) is 9.70. The molecule has 4 nitrogen and oxygen atoms in total. The maximum absolute atomic E-state index is 8.75. The molecule has 0 aromatic heterocycles. The third-order valence-electron chi connectivity index (χ3n) is 3.09. The molecule has 0 fully saturated rings. The van der Waals surface area contributed by atoms with Crippen LogP contribution >= 0.6 is 0 Å². The van der Waals surface area contributed by atoms with Gasteiger partial charge in [-0.15, -0.1) is 0 Å². The number of nitriles is 1. The summed E-state index contributed by atoms with van der Waals surface area (Å²) in [4.78, 5) is 4.20. The SMILES string of the molecule is CCCCCCNC(=NC)NCc1ccc(C#N)cc1. The second kappa shape index (κ2) is 9.85. The molecule has 0 unspecified atom stereocenters. The maximum Gasteiger partial charge on any atom is 0.191 e. The minimum absolute atomic E-state index is 0.687. The summed E-state index contributed by atoms with van der Waals surface area (Å²) in [6.45, 7) is 3.87. The first-order valence-corrected chi connectivity index (χ1v) is 7.23. The number of nitrogens with one attached hydrogen (secondary N) is 2. The number of hydrogen-bond acceptors (Lipinski definition) is 2. The minimum atomic E-state index is 0.687. The fourth-order valence-corrected chi connectivity index (χ4v) is 1.86. The van der Waals surface area contributed by atoms with E-state index in [1.54, 1.807) is 7.05 Å². The Hall–Kier alpha value is -2.02. The van der Waals surface area contributed by atoms with Gasteiger partial charge in [-0.1, -0.05) is 38.3 Å². The fourth-order valence-electron chi connectivity index (χ4n) is 1.86. The molecule has 108 valence electrons. The summed E-state index contributed by atoms with van der Waals surface area (Å²) in [5, 5.41) is 15.3. The summed E-state index contributed by atoms with van der Waals surface area (Å²) in [6.07, 6.45) is 4.98. The third kappa shape index (κ3) is 6.24. The normalized spacial score (nSPS) is 10.9. The van der Waals surface area contributed by atoms with Crippen LogP contribution in [0.25, 0.3) is 0 Å². The average Bonchev–Trinajstić information content (AvgIpc) is 2.50. The first-order chi connectivity index (χ1) is 9.80. The van der Waals surface area contributed by atoms with Gasteiger partial charge in [0.05, 0.1) is 11.6 Å². The van der Waals surface area contributed by atoms with Crippen molar-refractivity contribution in [1.29, 1.82) is 5.26 Å². The van der Waals surface area contributed by atoms with E-state index in [1.165, 1.54) is 25.7 Å². The monoisotopic (exact) mass is 272 g/mol. The summed E-state index contributed by atoms with van der Waals surface area (Å²) in [5.74, 6) is 0.825. The summed E-state index contributed by atoms with van der Waals surface area (Å²) in [7, 11) is 1.78. The molecule has 20 heavy (non-hydrogen) atoms. The van der Waals surface area contributed by atoms with E-state index in [9.17, 15) is 0 Å². The Morgan fingerprint density at radius 1 is 1.15 bits per heavy atom. The predicted molar refractivity (Wildman–Crippen MR) is 83.5 cm³/mol. The van der Waals surface area contributed by atoms with Gasteiger partial charge in [-0.05, 0) is 24.1 Å². The highest BCUT2D eigenvalue weighted by molar-refractivity contribution is 5.79. The van der Waals surface area contributed by atoms with Gasteiger partial charge in [-0.2, -0.15) is 5.26 Å². The van der Waals surface area contributed by atoms with E-state index in [1.807, 2.05) is 24.3 Å². The van der Waals surface area contributed by atoms with Crippen molar-refractivity contribution in [3.8, 4) is 6.07 Å². The standard InChI is InChI=1S/C16H24N4/c1-3-4-5-6-11-19-16(18-2)20-13-15-9-7-14(12-17)8-10-15/h7-10H,3-6,11,13H2,1-2H3,(H2,18,19,20). The number of hydrogen-bond donors (Lipinski definition) is 2. The lowest BCUT2D eigenvalue weighted by Gasteiger charge is -2.11. The van der Waals surface area contributed by atoms with E-state index in [4.69, 9.17) is 5.26 Å². The van der Waals surface area contributed by atoms with Crippen LogP contribution in [0, 0.1) is 11.3 Å². The van der Waals surface area contributed by atoms with Crippen LogP contribution in [0.3, 0.4) is 0 Å². The van der Waals surface area contributed by atoms with Gasteiger partial charge in [0, 0.05) is 20.1 Å². The lowest BCUT2D eigenvalue weighted by atomic mass is 10.1. The second-order valence-electron chi connectivity index (χ2n) is 4.72. The van der Waals surface area contributed by atoms with Gasteiger partial charge in [0.1, 0.15) is 0 Å². The molecule has 2 N–H and O–H groups in total. The average molecular weight is 272 g/mol. The Kier molecular flexibility index (Phi) is 7.90. The maximum atomic E-state index is 8.75. The summed E-state index contributed by atoms with van der Waals surface area (Å²) >= 11 is 0. The highest BCUT2D eigenvalue weighted by Gasteiger charge is 1.98. The highest BCUT2D eigenvalue weighted by atomic mass is 15.2. The number of benzene rings is 1. The topological polar surface area (TPSA) is 60.2 Å². The van der Waals surface area contributed by atoms with Crippen LogP contribution in [-0.2, 0) is 6.54 Å². The van der Waals surface area contributed by atoms with E-state index < -0.39 is 0 Å². The number of unbranched alkanes of at least 4 members (excludes halogenated alkanes) is 3. The van der Waals surface area contributed by atoms with Gasteiger partial charge in [-0.25, -0.2) is 0 Å². The van der Waals surface area contributed by atoms with E-state index in [2.05, 4.69) is 28.6 Å². The molecular formula is C16H24N4. The summed E-state index contributed by atoms with van der Waals surface area (Å²) < 4.78 is 0. The van der Waals surface area contributed by atoms with Gasteiger partial charge in [-0.3, -0.25) is 4.99 Å². The van der Waals surface area contributed by atoms with Crippen molar-refractivity contribution in [2.24, 2.45) is 4.99 Å². The Morgan fingerprint density at radius 3 is 2.50 bits per heavy atom. The quantitative estimate of drug-likeness (QED) is 0.456. The molecule has 0 saturated carbocycles. The molecule has 0 atom stereocenters. The highest BCUT2D eigenvalue weighted by Crippen LogP contribution is 2.02. The van der Waals surface area contributed by atoms with Gasteiger partial charge in [0.2, 0.25) is 0 Å². The molecule has 0 heterocycles. The Morgan fingerprint density at radius 2 is 1.90 bits per heavy atom. The van der Waals surface area contributed by atoms with Crippen molar-refractivity contribution < 1.29 is 0 Å². The van der Waals surface area contributed by atoms with Crippen molar-refractivity contribution in [2.45, 2.75) is 39.2 Å². The van der Waals surface area contributed by atoms with Crippen molar-refractivity contribution >= 4 is 5.96 Å². The molecule has 0 radical (unpaired) electrons. The van der Waals surface area contributed by atoms with Gasteiger partial charge >= 0.3 is 0 Å². The first-order valence-electron chi connectivity index (χ1n) is 7.23. The van der Waals surface area contributed by atoms with Crippen LogP contribution in [0.4, 0.5) is 0 Å². The van der Waals surface area contributed by atoms with Crippen LogP contribution in [0.15, 0.2) is 29.3 Å². The Bertz CT molecular complexity index is 443. The van der Waals surface area contributed by atoms with Gasteiger partial charge < -0.3 is 10.6 Å². The number of guanidine groups is 1. The van der Waals surface area contributed by atoms with Crippen LogP contribution in [-0.4, -0.2) is 19.6 Å². The zero-order valence-corrected chi connectivity index (χ0v) is 12.4. The molecule has 0 saturated heterocycles. The molecular weight excluding hydrogens is 248 g/mol. The molecule has 4 heteroatoms. The summed E-state index contributed by atoms with van der Waals surface area (Å²) in [5.41, 5.74) is 1.82. The zero-order chi connectivity index (χ0) is 14.6. The lowest BCUT2D eigenvalue weighted by molar-refractivity contribution is 0.647. The molecule has 0 aliphatic heterocycles. The molecule has 0 amide bonds. The molecule has 0 bridgehead atoms. The molecule has 1 aromatic carbocycles. The van der Waals surface area contributed by atoms with Gasteiger partial charge in [0.15, 0.2) is 5.96 Å². The van der Waals surface area contributed by atoms with E-state index in [0.717, 1.165) is 18.1 Å². The van der Waals surface area contributed by atoms with Crippen molar-refractivity contribution in [3.05, 3.63) is 35.4 Å². The number of aliphatic imine (C=N–C) groups is 1. The number of nitrogens with zero attached hydrogens (tertiary/aromatic N) is 2. The predicted octanol–water partition coefficient (Wildman–Crippen LogP) is 2.80. The first kappa shape index (κ1) is 16.0. The minimum Gasteiger partial charge on any atom is -0.356 e. The number of rotatable bonds is 7. The molecule has 0 spiro atoms. The van der Waals surface area contributed by atoms with Crippen molar-refractivity contribution in [1.82, 2.24) is 10.6 Å². The third-order valence-corrected chi connectivity index (χ3v) is 3.09. The van der Waals surface area contributed by atoms with Crippen LogP contribution < -0.4 is 10.6 Å². The molecule has 0 aliphatic rings. The lowest BCUT2D eigenvalue weighted by Crippen LogP contribution is -2.37. The second-order valence-corrected chi connectivity index (χ2v) is 4.72. The van der Waals surface area contributed by atoms with E-state index in [-0.39, 0.29) is 0 Å². The Balaban J connectivity index is 2.28. The largest absolute Gasteiger partial charge is 0.356 e. The molecule has 1 rings (SSSR count). The fraction of sp³-hybridized carbons (Fsp3) is 0.500. The van der Waals surface area contributed by atoms with Crippen molar-refractivity contribution in [2.75, 3.05) is 13.6 Å². The van der Waals surface area contributed by atoms with Crippen LogP contribution in [0.2, 0.25) is 0 Å². The Labute approximate surface area is 121 Å². The smallest absolute Gasteiger partial charge is 0.191 e. The van der Waals surface area contributed by atoms with E-state index >= 15 is 0 Å². The van der Waals surface area contributed by atoms with E-state index in [0.29, 0.717) is 12.1 Å². The molecule has 0 aliphatic carbocycles. The molecule has 1 aromatic rings.